The average Bonchev–Trinajstić information content (AvgIpc) is 2.32. The molecular weight excluding hydrogens is 308 g/mol. The molecule has 0 aromatic heterocycles. The van der Waals surface area contributed by atoms with E-state index in [2.05, 4.69) is 15.9 Å². The van der Waals surface area contributed by atoms with E-state index in [1.165, 1.54) is 12.1 Å². The molecule has 98 valence electrons. The Morgan fingerprint density at radius 1 is 1.16 bits per heavy atom. The van der Waals surface area contributed by atoms with Gasteiger partial charge in [-0.1, -0.05) is 33.6 Å². The fraction of sp³-hybridized carbons (Fsp3) is 0.133. The van der Waals surface area contributed by atoms with Crippen LogP contribution in [0.25, 0.3) is 0 Å². The van der Waals surface area contributed by atoms with Gasteiger partial charge < -0.3 is 9.84 Å². The van der Waals surface area contributed by atoms with Gasteiger partial charge in [-0.05, 0) is 43.7 Å². The van der Waals surface area contributed by atoms with Crippen molar-refractivity contribution in [2.24, 2.45) is 0 Å². The Morgan fingerprint density at radius 2 is 1.89 bits per heavy atom. The molecule has 0 amide bonds. The summed E-state index contributed by atoms with van der Waals surface area (Å²) in [4.78, 5) is 11.0. The van der Waals surface area contributed by atoms with Crippen LogP contribution in [-0.4, -0.2) is 11.1 Å². The van der Waals surface area contributed by atoms with E-state index >= 15 is 0 Å². The highest BCUT2D eigenvalue weighted by Gasteiger charge is 2.08. The quantitative estimate of drug-likeness (QED) is 0.902. The first-order chi connectivity index (χ1) is 8.95. The van der Waals surface area contributed by atoms with Gasteiger partial charge >= 0.3 is 5.97 Å². The van der Waals surface area contributed by atoms with Gasteiger partial charge in [0.05, 0.1) is 5.56 Å². The van der Waals surface area contributed by atoms with Crippen LogP contribution in [0.3, 0.4) is 0 Å². The molecule has 0 heterocycles. The van der Waals surface area contributed by atoms with Crippen LogP contribution in [0, 0.1) is 13.8 Å². The molecule has 0 unspecified atom stereocenters. The highest BCUT2D eigenvalue weighted by molar-refractivity contribution is 9.10. The SMILES string of the molecule is Cc1ccc(Oc2cc(Br)cc(C(=O)O)c2)c(C)c1. The molecule has 0 saturated carbocycles. The predicted octanol–water partition coefficient (Wildman–Crippen LogP) is 4.56. The number of aryl methyl sites for hydroxylation is 2. The monoisotopic (exact) mass is 320 g/mol. The summed E-state index contributed by atoms with van der Waals surface area (Å²) in [6, 6.07) is 10.6. The van der Waals surface area contributed by atoms with Crippen molar-refractivity contribution in [3.63, 3.8) is 0 Å². The number of carboxylic acids is 1. The standard InChI is InChI=1S/C15H13BrO3/c1-9-3-4-14(10(2)5-9)19-13-7-11(15(17)18)6-12(16)8-13/h3-8H,1-2H3,(H,17,18). The van der Waals surface area contributed by atoms with Crippen molar-refractivity contribution in [2.45, 2.75) is 13.8 Å². The van der Waals surface area contributed by atoms with Crippen LogP contribution in [0.4, 0.5) is 0 Å². The smallest absolute Gasteiger partial charge is 0.335 e. The van der Waals surface area contributed by atoms with Gasteiger partial charge in [0.2, 0.25) is 0 Å². The van der Waals surface area contributed by atoms with E-state index in [1.807, 2.05) is 32.0 Å². The van der Waals surface area contributed by atoms with Gasteiger partial charge in [-0.15, -0.1) is 0 Å². The number of ether oxygens (including phenoxy) is 1. The maximum absolute atomic E-state index is 11.0. The molecule has 2 aromatic carbocycles. The molecule has 0 aliphatic rings. The Kier molecular flexibility index (Phi) is 3.90. The van der Waals surface area contributed by atoms with E-state index in [9.17, 15) is 4.79 Å². The first-order valence-electron chi connectivity index (χ1n) is 5.75. The van der Waals surface area contributed by atoms with Crippen molar-refractivity contribution in [3.05, 3.63) is 57.6 Å². The predicted molar refractivity (Wildman–Crippen MR) is 77.1 cm³/mol. The van der Waals surface area contributed by atoms with Crippen LogP contribution in [0.15, 0.2) is 40.9 Å². The van der Waals surface area contributed by atoms with Gasteiger partial charge in [-0.25, -0.2) is 4.79 Å². The molecule has 19 heavy (non-hydrogen) atoms. The van der Waals surface area contributed by atoms with Crippen molar-refractivity contribution in [3.8, 4) is 11.5 Å². The van der Waals surface area contributed by atoms with Crippen LogP contribution in [0.2, 0.25) is 0 Å². The summed E-state index contributed by atoms with van der Waals surface area (Å²) in [6.07, 6.45) is 0. The van der Waals surface area contributed by atoms with Gasteiger partial charge in [0.25, 0.3) is 0 Å². The molecular formula is C15H13BrO3. The molecule has 0 aliphatic heterocycles. The highest BCUT2D eigenvalue weighted by atomic mass is 79.9. The third-order valence-electron chi connectivity index (χ3n) is 2.68. The van der Waals surface area contributed by atoms with Crippen LogP contribution >= 0.6 is 15.9 Å². The second-order valence-corrected chi connectivity index (χ2v) is 5.27. The minimum atomic E-state index is -0.980. The number of aromatic carboxylic acids is 1. The number of benzene rings is 2. The Bertz CT molecular complexity index is 635. The second kappa shape index (κ2) is 5.45. The molecule has 0 atom stereocenters. The Morgan fingerprint density at radius 3 is 2.53 bits per heavy atom. The van der Waals surface area contributed by atoms with Crippen LogP contribution in [0.1, 0.15) is 21.5 Å². The molecule has 4 heteroatoms. The summed E-state index contributed by atoms with van der Waals surface area (Å²) >= 11 is 3.28. The van der Waals surface area contributed by atoms with Gasteiger partial charge in [-0.3, -0.25) is 0 Å². The van der Waals surface area contributed by atoms with E-state index in [4.69, 9.17) is 9.84 Å². The van der Waals surface area contributed by atoms with Crippen LogP contribution in [-0.2, 0) is 0 Å². The molecule has 2 aromatic rings. The number of hydrogen-bond donors (Lipinski definition) is 1. The maximum Gasteiger partial charge on any atom is 0.335 e. The van der Waals surface area contributed by atoms with Gasteiger partial charge in [0.1, 0.15) is 11.5 Å². The molecule has 0 bridgehead atoms. The Balaban J connectivity index is 2.35. The average molecular weight is 321 g/mol. The molecule has 3 nitrogen and oxygen atoms in total. The topological polar surface area (TPSA) is 46.5 Å². The Labute approximate surface area is 120 Å². The van der Waals surface area contributed by atoms with Crippen molar-refractivity contribution in [1.82, 2.24) is 0 Å². The number of halogens is 1. The number of hydrogen-bond acceptors (Lipinski definition) is 2. The van der Waals surface area contributed by atoms with Gasteiger partial charge in [0.15, 0.2) is 0 Å². The van der Waals surface area contributed by atoms with Crippen LogP contribution < -0.4 is 4.74 Å². The number of carbonyl (C=O) groups is 1. The fourth-order valence-electron chi connectivity index (χ4n) is 1.79. The largest absolute Gasteiger partial charge is 0.478 e. The summed E-state index contributed by atoms with van der Waals surface area (Å²) in [5, 5.41) is 9.01. The van der Waals surface area contributed by atoms with Crippen LogP contribution in [0.5, 0.6) is 11.5 Å². The van der Waals surface area contributed by atoms with E-state index in [-0.39, 0.29) is 5.56 Å². The van der Waals surface area contributed by atoms with Gasteiger partial charge in [-0.2, -0.15) is 0 Å². The lowest BCUT2D eigenvalue weighted by atomic mass is 10.1. The molecule has 1 N–H and O–H groups in total. The van der Waals surface area contributed by atoms with E-state index in [1.54, 1.807) is 6.07 Å². The summed E-state index contributed by atoms with van der Waals surface area (Å²) in [7, 11) is 0. The summed E-state index contributed by atoms with van der Waals surface area (Å²) in [6.45, 7) is 3.97. The molecule has 0 fully saturated rings. The van der Waals surface area contributed by atoms with Gasteiger partial charge in [0, 0.05) is 4.47 Å². The van der Waals surface area contributed by atoms with E-state index < -0.39 is 5.97 Å². The molecule has 0 aliphatic carbocycles. The molecule has 0 radical (unpaired) electrons. The van der Waals surface area contributed by atoms with Crippen molar-refractivity contribution < 1.29 is 14.6 Å². The maximum atomic E-state index is 11.0. The zero-order valence-corrected chi connectivity index (χ0v) is 12.2. The lowest BCUT2D eigenvalue weighted by molar-refractivity contribution is 0.0696. The lowest BCUT2D eigenvalue weighted by Crippen LogP contribution is -1.97. The number of carboxylic acid groups (broad SMARTS) is 1. The summed E-state index contributed by atoms with van der Waals surface area (Å²) in [5.41, 5.74) is 2.36. The first-order valence-corrected chi connectivity index (χ1v) is 6.54. The molecule has 2 rings (SSSR count). The molecule has 0 spiro atoms. The summed E-state index contributed by atoms with van der Waals surface area (Å²) in [5.74, 6) is 0.241. The minimum absolute atomic E-state index is 0.189. The third-order valence-corrected chi connectivity index (χ3v) is 3.13. The van der Waals surface area contributed by atoms with E-state index in [0.29, 0.717) is 10.2 Å². The lowest BCUT2D eigenvalue weighted by Gasteiger charge is -2.10. The Hall–Kier alpha value is -1.81. The highest BCUT2D eigenvalue weighted by Crippen LogP contribution is 2.29. The zero-order valence-electron chi connectivity index (χ0n) is 10.6. The van der Waals surface area contributed by atoms with Crippen molar-refractivity contribution in [2.75, 3.05) is 0 Å². The first kappa shape index (κ1) is 13.6. The number of rotatable bonds is 3. The van der Waals surface area contributed by atoms with Crippen molar-refractivity contribution >= 4 is 21.9 Å². The minimum Gasteiger partial charge on any atom is -0.478 e. The zero-order chi connectivity index (χ0) is 14.0. The third kappa shape index (κ3) is 3.35. The van der Waals surface area contributed by atoms with E-state index in [0.717, 1.165) is 16.9 Å². The fourth-order valence-corrected chi connectivity index (χ4v) is 2.26. The second-order valence-electron chi connectivity index (χ2n) is 4.35. The summed E-state index contributed by atoms with van der Waals surface area (Å²) < 4.78 is 6.42. The molecule has 0 saturated heterocycles. The van der Waals surface area contributed by atoms with Crippen molar-refractivity contribution in [1.29, 1.82) is 0 Å². The normalized spacial score (nSPS) is 10.3.